The zero-order chi connectivity index (χ0) is 10.9. The van der Waals surface area contributed by atoms with Crippen molar-refractivity contribution in [3.63, 3.8) is 0 Å². The first kappa shape index (κ1) is 20.0. The van der Waals surface area contributed by atoms with Crippen LogP contribution in [0.2, 0.25) is 0 Å². The van der Waals surface area contributed by atoms with Crippen molar-refractivity contribution in [2.24, 2.45) is 5.92 Å². The number of rotatable bonds is 4. The molecule has 0 aromatic carbocycles. The molecule has 0 saturated carbocycles. The molecule has 0 aliphatic heterocycles. The van der Waals surface area contributed by atoms with Crippen LogP contribution in [-0.4, -0.2) is 17.5 Å². The fraction of sp³-hybridized carbons (Fsp3) is 0.875. The van der Waals surface area contributed by atoms with Crippen LogP contribution in [0.4, 0.5) is 0 Å². The van der Waals surface area contributed by atoms with Crippen LogP contribution >= 0.6 is 0 Å². The van der Waals surface area contributed by atoms with Gasteiger partial charge in [0, 0.05) is 0 Å². The van der Waals surface area contributed by atoms with Gasteiger partial charge in [0.25, 0.3) is 0 Å². The summed E-state index contributed by atoms with van der Waals surface area (Å²) in [4.78, 5) is 0. The minimum Gasteiger partial charge on any atom is -0.340 e. The van der Waals surface area contributed by atoms with Crippen molar-refractivity contribution < 1.29 is 36.4 Å². The molecule has 1 atom stereocenters. The number of hydrogen-bond acceptors (Lipinski definition) is 2. The fourth-order valence-electron chi connectivity index (χ4n) is 0.697. The molecule has 0 aliphatic carbocycles. The van der Waals surface area contributed by atoms with Gasteiger partial charge in [-0.15, -0.1) is 0 Å². The molecule has 1 unspecified atom stereocenters. The van der Waals surface area contributed by atoms with Crippen LogP contribution in [0.5, 0.6) is 0 Å². The molecule has 0 aromatic rings. The molecule has 0 rings (SSSR count). The Morgan fingerprint density at radius 2 is 1.64 bits per heavy atom. The molecule has 82 valence electrons. The van der Waals surface area contributed by atoms with E-state index in [1.54, 1.807) is 0 Å². The molecular formula is C8H19LiO4S. The second-order valence-corrected chi connectivity index (χ2v) is 3.76. The molecule has 0 heterocycles. The Morgan fingerprint density at radius 1 is 1.29 bits per heavy atom. The van der Waals surface area contributed by atoms with Crippen molar-refractivity contribution >= 4 is 10.4 Å². The Balaban J connectivity index is -0.000000177. The summed E-state index contributed by atoms with van der Waals surface area (Å²) >= 11 is 0. The molecule has 0 aromatic heterocycles. The van der Waals surface area contributed by atoms with Crippen molar-refractivity contribution in [3.8, 4) is 0 Å². The zero-order valence-corrected chi connectivity index (χ0v) is 10.0. The van der Waals surface area contributed by atoms with Crippen molar-refractivity contribution in [1.29, 1.82) is 0 Å². The summed E-state index contributed by atoms with van der Waals surface area (Å²) in [7, 11) is -4.67. The molecule has 0 fully saturated rings. The molecule has 2 N–H and O–H groups in total. The Hall–Kier alpha value is 0.467. The van der Waals surface area contributed by atoms with Crippen molar-refractivity contribution in [2.75, 3.05) is 0 Å². The van der Waals surface area contributed by atoms with Gasteiger partial charge in [-0.3, -0.25) is 9.11 Å². The van der Waals surface area contributed by atoms with Gasteiger partial charge < -0.3 is 6.92 Å². The predicted molar refractivity (Wildman–Crippen MR) is 52.8 cm³/mol. The monoisotopic (exact) mass is 218 g/mol. The van der Waals surface area contributed by atoms with Gasteiger partial charge in [0.2, 0.25) is 0 Å². The van der Waals surface area contributed by atoms with E-state index in [0.29, 0.717) is 5.92 Å². The van der Waals surface area contributed by atoms with E-state index in [1.165, 1.54) is 25.7 Å². The van der Waals surface area contributed by atoms with Crippen molar-refractivity contribution in [3.05, 3.63) is 6.92 Å². The predicted octanol–water partition coefficient (Wildman–Crippen LogP) is -0.612. The normalized spacial score (nSPS) is 12.1. The van der Waals surface area contributed by atoms with E-state index in [0.717, 1.165) is 0 Å². The SMILES string of the molecule is O=S(=O)(O)O.[CH2-]C(CC)CCCC.[Li+]. The minimum absolute atomic E-state index is 0. The third-order valence-electron chi connectivity index (χ3n) is 1.54. The summed E-state index contributed by atoms with van der Waals surface area (Å²) in [6, 6.07) is 0. The van der Waals surface area contributed by atoms with Gasteiger partial charge in [-0.25, -0.2) is 0 Å². The Morgan fingerprint density at radius 3 is 1.86 bits per heavy atom. The molecule has 14 heavy (non-hydrogen) atoms. The molecule has 0 radical (unpaired) electrons. The van der Waals surface area contributed by atoms with Gasteiger partial charge in [-0.05, 0) is 0 Å². The molecule has 4 nitrogen and oxygen atoms in total. The maximum Gasteiger partial charge on any atom is 1.00 e. The number of hydrogen-bond donors (Lipinski definition) is 2. The maximum absolute atomic E-state index is 8.74. The van der Waals surface area contributed by atoms with Gasteiger partial charge in [0.05, 0.1) is 0 Å². The van der Waals surface area contributed by atoms with E-state index in [2.05, 4.69) is 20.8 Å². The number of unbranched alkanes of at least 4 members (excludes halogenated alkanes) is 1. The fourth-order valence-corrected chi connectivity index (χ4v) is 0.697. The second kappa shape index (κ2) is 11.5. The van der Waals surface area contributed by atoms with Crippen LogP contribution in [0.15, 0.2) is 0 Å². The Kier molecular flexibility index (Phi) is 16.5. The van der Waals surface area contributed by atoms with Gasteiger partial charge in [0.15, 0.2) is 0 Å². The molecule has 0 bridgehead atoms. The van der Waals surface area contributed by atoms with Crippen molar-refractivity contribution in [2.45, 2.75) is 39.5 Å². The van der Waals surface area contributed by atoms with Crippen LogP contribution in [-0.2, 0) is 10.4 Å². The first-order valence-corrected chi connectivity index (χ1v) is 5.73. The molecule has 6 heteroatoms. The summed E-state index contributed by atoms with van der Waals surface area (Å²) in [6.45, 7) is 8.42. The van der Waals surface area contributed by atoms with Crippen LogP contribution in [0, 0.1) is 12.8 Å². The van der Waals surface area contributed by atoms with Crippen LogP contribution in [0.1, 0.15) is 39.5 Å². The molecule has 0 saturated heterocycles. The standard InChI is InChI=1S/C8H17.Li.H2O4S/c1-4-6-7-8(3)5-2;;1-5(2,3)4/h8H,3-7H2,1-2H3;;(H2,1,2,3,4)/q-1;+1;. The largest absolute Gasteiger partial charge is 1.00 e. The topological polar surface area (TPSA) is 74.6 Å². The van der Waals surface area contributed by atoms with Gasteiger partial charge in [-0.2, -0.15) is 14.3 Å². The third kappa shape index (κ3) is 39.2. The minimum atomic E-state index is -4.67. The van der Waals surface area contributed by atoms with E-state index in [-0.39, 0.29) is 18.9 Å². The summed E-state index contributed by atoms with van der Waals surface area (Å²) in [5.74, 6) is 0.704. The molecule has 0 aliphatic rings. The summed E-state index contributed by atoms with van der Waals surface area (Å²) < 4.78 is 31.6. The maximum atomic E-state index is 8.74. The van der Waals surface area contributed by atoms with Gasteiger partial charge in [-0.1, -0.05) is 39.5 Å². The summed E-state index contributed by atoms with van der Waals surface area (Å²) in [5, 5.41) is 0. The van der Waals surface area contributed by atoms with Crippen molar-refractivity contribution in [1.82, 2.24) is 0 Å². The first-order valence-electron chi connectivity index (χ1n) is 4.34. The Labute approximate surface area is 99.2 Å². The van der Waals surface area contributed by atoms with E-state index >= 15 is 0 Å². The smallest absolute Gasteiger partial charge is 0.340 e. The zero-order valence-electron chi connectivity index (χ0n) is 9.23. The van der Waals surface area contributed by atoms with Crippen LogP contribution in [0.25, 0.3) is 0 Å². The summed E-state index contributed by atoms with van der Waals surface area (Å²) in [5.41, 5.74) is 0. The summed E-state index contributed by atoms with van der Waals surface area (Å²) in [6.07, 6.45) is 5.21. The third-order valence-corrected chi connectivity index (χ3v) is 1.54. The second-order valence-electron chi connectivity index (χ2n) is 2.86. The van der Waals surface area contributed by atoms with E-state index in [9.17, 15) is 0 Å². The van der Waals surface area contributed by atoms with Gasteiger partial charge in [0.1, 0.15) is 0 Å². The molecule has 0 spiro atoms. The average molecular weight is 218 g/mol. The first-order chi connectivity index (χ1) is 5.81. The Bertz CT molecular complexity index is 184. The van der Waals surface area contributed by atoms with E-state index in [1.807, 2.05) is 0 Å². The van der Waals surface area contributed by atoms with E-state index < -0.39 is 10.4 Å². The quantitative estimate of drug-likeness (QED) is 0.375. The molecular weight excluding hydrogens is 199 g/mol. The van der Waals surface area contributed by atoms with Crippen LogP contribution < -0.4 is 18.9 Å². The van der Waals surface area contributed by atoms with Gasteiger partial charge >= 0.3 is 29.3 Å². The van der Waals surface area contributed by atoms with E-state index in [4.69, 9.17) is 17.5 Å². The average Bonchev–Trinajstić information content (AvgIpc) is 1.97. The molecule has 0 amide bonds. The van der Waals surface area contributed by atoms with Crippen LogP contribution in [0.3, 0.4) is 0 Å².